The molecule has 1 aliphatic rings. The summed E-state index contributed by atoms with van der Waals surface area (Å²) in [5.74, 6) is 0.976. The summed E-state index contributed by atoms with van der Waals surface area (Å²) in [7, 11) is 0. The van der Waals surface area contributed by atoms with E-state index in [9.17, 15) is 0 Å². The lowest BCUT2D eigenvalue weighted by Gasteiger charge is -2.31. The van der Waals surface area contributed by atoms with Gasteiger partial charge in [-0.25, -0.2) is 4.98 Å². The molecule has 0 radical (unpaired) electrons. The first-order valence-electron chi connectivity index (χ1n) is 5.58. The van der Waals surface area contributed by atoms with Gasteiger partial charge in [0.15, 0.2) is 0 Å². The number of alkyl halides is 1. The summed E-state index contributed by atoms with van der Waals surface area (Å²) in [5.41, 5.74) is 0. The number of ether oxygens (including phenoxy) is 1. The Hall–Kier alpha value is -0.200. The molecule has 90 valence electrons. The Morgan fingerprint density at radius 1 is 1.62 bits per heavy atom. The number of anilines is 1. The zero-order valence-electron chi connectivity index (χ0n) is 9.36. The lowest BCUT2D eigenvalue weighted by atomic mass is 10.3. The van der Waals surface area contributed by atoms with E-state index in [1.165, 1.54) is 11.5 Å². The predicted octanol–water partition coefficient (Wildman–Crippen LogP) is 2.09. The zero-order chi connectivity index (χ0) is 11.4. The highest BCUT2D eigenvalue weighted by atomic mass is 79.9. The summed E-state index contributed by atoms with van der Waals surface area (Å²) in [6, 6.07) is 0. The summed E-state index contributed by atoms with van der Waals surface area (Å²) >= 11 is 4.96. The smallest absolute Gasteiger partial charge is 0.205 e. The number of rotatable bonds is 4. The quantitative estimate of drug-likeness (QED) is 0.799. The molecule has 6 heteroatoms. The molecular formula is C10H16BrN3OS. The molecule has 1 unspecified atom stereocenters. The Bertz CT molecular complexity index is 334. The molecule has 4 nitrogen and oxygen atoms in total. The van der Waals surface area contributed by atoms with E-state index in [0.717, 1.165) is 48.8 Å². The highest BCUT2D eigenvalue weighted by Gasteiger charge is 2.22. The summed E-state index contributed by atoms with van der Waals surface area (Å²) < 4.78 is 9.97. The molecule has 0 spiro atoms. The van der Waals surface area contributed by atoms with Gasteiger partial charge in [-0.3, -0.25) is 0 Å². The molecule has 1 aliphatic heterocycles. The minimum atomic E-state index is 0.271. The van der Waals surface area contributed by atoms with Crippen LogP contribution >= 0.6 is 27.5 Å². The van der Waals surface area contributed by atoms with Crippen LogP contribution in [-0.4, -0.2) is 40.5 Å². The monoisotopic (exact) mass is 305 g/mol. The van der Waals surface area contributed by atoms with Gasteiger partial charge in [0.1, 0.15) is 5.82 Å². The molecule has 0 bridgehead atoms. The number of aromatic nitrogens is 2. The van der Waals surface area contributed by atoms with E-state index in [-0.39, 0.29) is 6.10 Å². The maximum atomic E-state index is 5.60. The first-order valence-corrected chi connectivity index (χ1v) is 7.48. The first-order chi connectivity index (χ1) is 7.83. The van der Waals surface area contributed by atoms with E-state index < -0.39 is 0 Å². The summed E-state index contributed by atoms with van der Waals surface area (Å²) in [6.07, 6.45) is 2.35. The van der Waals surface area contributed by atoms with Crippen molar-refractivity contribution in [3.8, 4) is 0 Å². The fourth-order valence-electron chi connectivity index (χ4n) is 1.68. The van der Waals surface area contributed by atoms with Crippen LogP contribution in [0.3, 0.4) is 0 Å². The van der Waals surface area contributed by atoms with Crippen molar-refractivity contribution in [2.24, 2.45) is 0 Å². The fourth-order valence-corrected chi connectivity index (χ4v) is 2.82. The van der Waals surface area contributed by atoms with Gasteiger partial charge in [0.2, 0.25) is 5.13 Å². The van der Waals surface area contributed by atoms with E-state index >= 15 is 0 Å². The van der Waals surface area contributed by atoms with Gasteiger partial charge in [-0.1, -0.05) is 22.9 Å². The molecule has 0 aromatic carbocycles. The highest BCUT2D eigenvalue weighted by Crippen LogP contribution is 2.21. The Labute approximate surface area is 108 Å². The minimum Gasteiger partial charge on any atom is -0.374 e. The molecule has 0 aliphatic carbocycles. The maximum absolute atomic E-state index is 5.60. The molecular weight excluding hydrogens is 290 g/mol. The van der Waals surface area contributed by atoms with Crippen molar-refractivity contribution in [1.29, 1.82) is 0 Å². The highest BCUT2D eigenvalue weighted by molar-refractivity contribution is 9.09. The van der Waals surface area contributed by atoms with Crippen LogP contribution in [0.15, 0.2) is 0 Å². The van der Waals surface area contributed by atoms with Gasteiger partial charge in [0.25, 0.3) is 0 Å². The summed E-state index contributed by atoms with van der Waals surface area (Å²) in [4.78, 5) is 6.82. The molecule has 0 amide bonds. The van der Waals surface area contributed by atoms with Crippen molar-refractivity contribution >= 4 is 32.6 Å². The number of hydrogen-bond donors (Lipinski definition) is 0. The molecule has 1 fully saturated rings. The molecule has 16 heavy (non-hydrogen) atoms. The van der Waals surface area contributed by atoms with Crippen molar-refractivity contribution in [3.05, 3.63) is 5.82 Å². The van der Waals surface area contributed by atoms with Crippen LogP contribution in [0.5, 0.6) is 0 Å². The van der Waals surface area contributed by atoms with E-state index in [2.05, 4.69) is 37.1 Å². The molecule has 2 heterocycles. The van der Waals surface area contributed by atoms with Gasteiger partial charge < -0.3 is 9.64 Å². The second-order valence-electron chi connectivity index (χ2n) is 3.84. The van der Waals surface area contributed by atoms with Crippen molar-refractivity contribution in [1.82, 2.24) is 9.36 Å². The molecule has 0 N–H and O–H groups in total. The molecule has 1 saturated heterocycles. The summed E-state index contributed by atoms with van der Waals surface area (Å²) in [5, 5.41) is 1.92. The van der Waals surface area contributed by atoms with Crippen LogP contribution in [0.1, 0.15) is 19.2 Å². The van der Waals surface area contributed by atoms with Gasteiger partial charge >= 0.3 is 0 Å². The van der Waals surface area contributed by atoms with E-state index in [1.54, 1.807) is 0 Å². The lowest BCUT2D eigenvalue weighted by Crippen LogP contribution is -2.43. The van der Waals surface area contributed by atoms with Gasteiger partial charge in [-0.15, -0.1) is 0 Å². The van der Waals surface area contributed by atoms with Gasteiger partial charge in [0.05, 0.1) is 12.7 Å². The second-order valence-corrected chi connectivity index (χ2v) is 5.21. The van der Waals surface area contributed by atoms with E-state index in [4.69, 9.17) is 4.74 Å². The van der Waals surface area contributed by atoms with Gasteiger partial charge in [-0.05, 0) is 6.42 Å². The van der Waals surface area contributed by atoms with Crippen LogP contribution in [-0.2, 0) is 11.2 Å². The van der Waals surface area contributed by atoms with Crippen molar-refractivity contribution in [2.75, 3.05) is 29.9 Å². The molecule has 0 saturated carbocycles. The second kappa shape index (κ2) is 5.93. The number of halogens is 1. The largest absolute Gasteiger partial charge is 0.374 e. The van der Waals surface area contributed by atoms with Gasteiger partial charge in [0, 0.05) is 36.4 Å². The number of morpholine rings is 1. The number of aryl methyl sites for hydroxylation is 1. The molecule has 1 aromatic rings. The van der Waals surface area contributed by atoms with Crippen LogP contribution in [0.2, 0.25) is 0 Å². The predicted molar refractivity (Wildman–Crippen MR) is 69.7 cm³/mol. The third kappa shape index (κ3) is 2.93. The van der Waals surface area contributed by atoms with Crippen LogP contribution in [0.4, 0.5) is 5.13 Å². The molecule has 1 atom stereocenters. The molecule has 2 rings (SSSR count). The third-order valence-corrected chi connectivity index (χ3v) is 4.05. The minimum absolute atomic E-state index is 0.271. The number of hydrogen-bond acceptors (Lipinski definition) is 5. The van der Waals surface area contributed by atoms with Crippen molar-refractivity contribution in [3.63, 3.8) is 0 Å². The Morgan fingerprint density at radius 3 is 3.25 bits per heavy atom. The number of nitrogens with zero attached hydrogens (tertiary/aromatic N) is 3. The van der Waals surface area contributed by atoms with Crippen LogP contribution in [0, 0.1) is 0 Å². The SMILES string of the molecule is CCCc1nsc(N2CCOC(CBr)C2)n1. The van der Waals surface area contributed by atoms with Crippen molar-refractivity contribution in [2.45, 2.75) is 25.9 Å². The van der Waals surface area contributed by atoms with E-state index in [0.29, 0.717) is 0 Å². The average Bonchev–Trinajstić information content (AvgIpc) is 2.78. The topological polar surface area (TPSA) is 38.2 Å². The maximum Gasteiger partial charge on any atom is 0.205 e. The fraction of sp³-hybridized carbons (Fsp3) is 0.800. The van der Waals surface area contributed by atoms with E-state index in [1.807, 2.05) is 0 Å². The zero-order valence-corrected chi connectivity index (χ0v) is 11.8. The standard InChI is InChI=1S/C10H16BrN3OS/c1-2-3-9-12-10(16-13-9)14-4-5-15-8(6-11)7-14/h8H,2-7H2,1H3. The molecule has 1 aromatic heterocycles. The van der Waals surface area contributed by atoms with Crippen LogP contribution < -0.4 is 4.90 Å². The summed E-state index contributed by atoms with van der Waals surface area (Å²) in [6.45, 7) is 4.76. The Kier molecular flexibility index (Phi) is 4.55. The normalized spacial score (nSPS) is 21.4. The Balaban J connectivity index is 1.99. The van der Waals surface area contributed by atoms with Crippen molar-refractivity contribution < 1.29 is 4.74 Å². The van der Waals surface area contributed by atoms with Crippen LogP contribution in [0.25, 0.3) is 0 Å². The lowest BCUT2D eigenvalue weighted by molar-refractivity contribution is 0.0570. The average molecular weight is 306 g/mol. The Morgan fingerprint density at radius 2 is 2.50 bits per heavy atom. The first kappa shape index (κ1) is 12.3. The van der Waals surface area contributed by atoms with Gasteiger partial charge in [-0.2, -0.15) is 4.37 Å². The third-order valence-electron chi connectivity index (χ3n) is 2.51.